The van der Waals surface area contributed by atoms with Gasteiger partial charge in [-0.05, 0) is 63.6 Å². The summed E-state index contributed by atoms with van der Waals surface area (Å²) < 4.78 is 5.65. The maximum atomic E-state index is 6.37. The highest BCUT2D eigenvalue weighted by molar-refractivity contribution is 5.95. The number of nitrogens with zero attached hydrogens (tertiary/aromatic N) is 3. The van der Waals surface area contributed by atoms with E-state index in [0.29, 0.717) is 17.6 Å². The lowest BCUT2D eigenvalue weighted by molar-refractivity contribution is 0.229. The molecule has 0 atom stereocenters. The standard InChI is InChI=1S/C20H22N4O/c1-11-8-12(2)17-14(9-11)15(10-16(22-17)13-4-5-13)18-23-19(24-25-18)20(21)6-3-7-20/h8-10,13H,3-7,21H2,1-2H3. The van der Waals surface area contributed by atoms with Gasteiger partial charge in [-0.1, -0.05) is 16.8 Å². The van der Waals surface area contributed by atoms with Crippen molar-refractivity contribution in [2.24, 2.45) is 5.73 Å². The van der Waals surface area contributed by atoms with E-state index in [1.54, 1.807) is 0 Å². The van der Waals surface area contributed by atoms with Crippen molar-refractivity contribution in [2.45, 2.75) is 57.4 Å². The minimum absolute atomic E-state index is 0.407. The third kappa shape index (κ3) is 2.37. The average molecular weight is 334 g/mol. The predicted octanol–water partition coefficient (Wildman–Crippen LogP) is 4.12. The van der Waals surface area contributed by atoms with Crippen LogP contribution in [0.5, 0.6) is 0 Å². The zero-order chi connectivity index (χ0) is 17.2. The molecule has 2 heterocycles. The van der Waals surface area contributed by atoms with Crippen LogP contribution in [0.2, 0.25) is 0 Å². The van der Waals surface area contributed by atoms with Crippen LogP contribution in [0, 0.1) is 13.8 Å². The summed E-state index contributed by atoms with van der Waals surface area (Å²) >= 11 is 0. The van der Waals surface area contributed by atoms with Crippen LogP contribution in [-0.2, 0) is 5.54 Å². The fraction of sp³-hybridized carbons (Fsp3) is 0.450. The molecule has 5 heteroatoms. The fourth-order valence-electron chi connectivity index (χ4n) is 3.78. The van der Waals surface area contributed by atoms with E-state index in [2.05, 4.69) is 42.2 Å². The van der Waals surface area contributed by atoms with Gasteiger partial charge < -0.3 is 10.3 Å². The Labute approximate surface area is 146 Å². The molecule has 0 saturated heterocycles. The Morgan fingerprint density at radius 2 is 1.92 bits per heavy atom. The van der Waals surface area contributed by atoms with Crippen molar-refractivity contribution < 1.29 is 4.52 Å². The topological polar surface area (TPSA) is 77.8 Å². The second-order valence-corrected chi connectivity index (χ2v) is 7.78. The summed E-state index contributed by atoms with van der Waals surface area (Å²) in [5, 5.41) is 5.28. The van der Waals surface area contributed by atoms with E-state index in [-0.39, 0.29) is 0 Å². The third-order valence-electron chi connectivity index (χ3n) is 5.61. The van der Waals surface area contributed by atoms with E-state index in [4.69, 9.17) is 15.2 Å². The lowest BCUT2D eigenvalue weighted by Crippen LogP contribution is -2.44. The Balaban J connectivity index is 1.71. The van der Waals surface area contributed by atoms with E-state index in [9.17, 15) is 0 Å². The van der Waals surface area contributed by atoms with Crippen LogP contribution < -0.4 is 5.73 Å². The van der Waals surface area contributed by atoms with Crippen LogP contribution in [0.15, 0.2) is 22.7 Å². The van der Waals surface area contributed by atoms with Crippen molar-refractivity contribution in [3.05, 3.63) is 40.8 Å². The van der Waals surface area contributed by atoms with Crippen LogP contribution >= 0.6 is 0 Å². The summed E-state index contributed by atoms with van der Waals surface area (Å²) in [5.74, 6) is 1.76. The minimum Gasteiger partial charge on any atom is -0.334 e. The Kier molecular flexibility index (Phi) is 3.07. The van der Waals surface area contributed by atoms with Crippen molar-refractivity contribution >= 4 is 10.9 Å². The monoisotopic (exact) mass is 334 g/mol. The Bertz CT molecular complexity index is 983. The summed E-state index contributed by atoms with van der Waals surface area (Å²) in [6, 6.07) is 6.48. The average Bonchev–Trinajstić information content (AvgIpc) is 3.29. The highest BCUT2D eigenvalue weighted by Crippen LogP contribution is 2.43. The first-order chi connectivity index (χ1) is 12.0. The molecule has 0 unspecified atom stereocenters. The second-order valence-electron chi connectivity index (χ2n) is 7.78. The molecule has 128 valence electrons. The molecule has 2 aliphatic rings. The molecule has 5 rings (SSSR count). The Morgan fingerprint density at radius 1 is 1.12 bits per heavy atom. The summed E-state index contributed by atoms with van der Waals surface area (Å²) in [6.07, 6.45) is 5.40. The minimum atomic E-state index is -0.407. The number of hydrogen-bond donors (Lipinski definition) is 1. The molecule has 2 aliphatic carbocycles. The largest absolute Gasteiger partial charge is 0.334 e. The van der Waals surface area contributed by atoms with Gasteiger partial charge in [0.05, 0.1) is 16.6 Å². The van der Waals surface area contributed by atoms with Gasteiger partial charge in [0.2, 0.25) is 0 Å². The van der Waals surface area contributed by atoms with Gasteiger partial charge in [-0.25, -0.2) is 0 Å². The lowest BCUT2D eigenvalue weighted by atomic mass is 9.77. The molecular weight excluding hydrogens is 312 g/mol. The van der Waals surface area contributed by atoms with Gasteiger partial charge in [0, 0.05) is 17.0 Å². The van der Waals surface area contributed by atoms with Gasteiger partial charge in [0.25, 0.3) is 5.89 Å². The molecule has 3 aromatic rings. The first-order valence-corrected chi connectivity index (χ1v) is 9.09. The SMILES string of the molecule is Cc1cc(C)c2nc(C3CC3)cc(-c3nc(C4(N)CCC4)no3)c2c1. The Hall–Kier alpha value is -2.27. The molecule has 2 fully saturated rings. The smallest absolute Gasteiger partial charge is 0.258 e. The highest BCUT2D eigenvalue weighted by atomic mass is 16.5. The van der Waals surface area contributed by atoms with E-state index in [1.807, 2.05) is 0 Å². The molecule has 5 nitrogen and oxygen atoms in total. The maximum Gasteiger partial charge on any atom is 0.258 e. The fourth-order valence-corrected chi connectivity index (χ4v) is 3.78. The van der Waals surface area contributed by atoms with E-state index < -0.39 is 5.54 Å². The number of benzene rings is 1. The molecule has 2 N–H and O–H groups in total. The second kappa shape index (κ2) is 5.11. The van der Waals surface area contributed by atoms with Crippen LogP contribution in [0.4, 0.5) is 0 Å². The number of aromatic nitrogens is 3. The van der Waals surface area contributed by atoms with Crippen LogP contribution in [-0.4, -0.2) is 15.1 Å². The van der Waals surface area contributed by atoms with E-state index >= 15 is 0 Å². The molecule has 2 saturated carbocycles. The third-order valence-corrected chi connectivity index (χ3v) is 5.61. The van der Waals surface area contributed by atoms with Crippen molar-refractivity contribution in [1.82, 2.24) is 15.1 Å². The summed E-state index contributed by atoms with van der Waals surface area (Å²) in [4.78, 5) is 9.61. The van der Waals surface area contributed by atoms with Crippen molar-refractivity contribution in [3.63, 3.8) is 0 Å². The van der Waals surface area contributed by atoms with E-state index in [1.165, 1.54) is 24.0 Å². The van der Waals surface area contributed by atoms with Gasteiger partial charge in [0.15, 0.2) is 5.82 Å². The Morgan fingerprint density at radius 3 is 2.60 bits per heavy atom. The molecule has 2 aromatic heterocycles. The predicted molar refractivity (Wildman–Crippen MR) is 96.2 cm³/mol. The zero-order valence-corrected chi connectivity index (χ0v) is 14.7. The summed E-state index contributed by atoms with van der Waals surface area (Å²) in [5.41, 5.74) is 11.5. The normalized spacial score (nSPS) is 19.2. The van der Waals surface area contributed by atoms with E-state index in [0.717, 1.165) is 41.4 Å². The molecule has 0 bridgehead atoms. The zero-order valence-electron chi connectivity index (χ0n) is 14.7. The number of rotatable bonds is 3. The van der Waals surface area contributed by atoms with Gasteiger partial charge in [0.1, 0.15) is 0 Å². The molecule has 0 aliphatic heterocycles. The number of pyridine rings is 1. The van der Waals surface area contributed by atoms with Gasteiger partial charge in [-0.3, -0.25) is 4.98 Å². The first kappa shape index (κ1) is 15.0. The molecule has 0 amide bonds. The van der Waals surface area contributed by atoms with Crippen molar-refractivity contribution in [1.29, 1.82) is 0 Å². The van der Waals surface area contributed by atoms with Crippen LogP contribution in [0.1, 0.15) is 60.7 Å². The summed E-state index contributed by atoms with van der Waals surface area (Å²) in [6.45, 7) is 4.22. The molecule has 1 aromatic carbocycles. The number of fused-ring (bicyclic) bond motifs is 1. The summed E-state index contributed by atoms with van der Waals surface area (Å²) in [7, 11) is 0. The van der Waals surface area contributed by atoms with Gasteiger partial charge >= 0.3 is 0 Å². The van der Waals surface area contributed by atoms with Crippen molar-refractivity contribution in [2.75, 3.05) is 0 Å². The quantitative estimate of drug-likeness (QED) is 0.779. The van der Waals surface area contributed by atoms with Gasteiger partial charge in [-0.2, -0.15) is 4.98 Å². The molecule has 25 heavy (non-hydrogen) atoms. The highest BCUT2D eigenvalue weighted by Gasteiger charge is 2.39. The molecular formula is C20H22N4O. The maximum absolute atomic E-state index is 6.37. The lowest BCUT2D eigenvalue weighted by Gasteiger charge is -2.34. The van der Waals surface area contributed by atoms with Crippen LogP contribution in [0.3, 0.4) is 0 Å². The van der Waals surface area contributed by atoms with Crippen LogP contribution in [0.25, 0.3) is 22.4 Å². The number of nitrogens with two attached hydrogens (primary N) is 1. The molecule has 0 radical (unpaired) electrons. The number of aryl methyl sites for hydroxylation is 2. The first-order valence-electron chi connectivity index (χ1n) is 9.09. The molecule has 0 spiro atoms. The number of hydrogen-bond acceptors (Lipinski definition) is 5. The van der Waals surface area contributed by atoms with Crippen molar-refractivity contribution in [3.8, 4) is 11.5 Å². The van der Waals surface area contributed by atoms with Gasteiger partial charge in [-0.15, -0.1) is 0 Å².